The summed E-state index contributed by atoms with van der Waals surface area (Å²) in [6.45, 7) is 0. The average Bonchev–Trinajstić information content (AvgIpc) is 3.39. The number of carbonyl (C=O) groups is 2. The number of nitrogens with zero attached hydrogens (tertiary/aromatic N) is 1. The number of fused-ring (bicyclic) bond motifs is 1. The van der Waals surface area contributed by atoms with Gasteiger partial charge in [-0.05, 0) is 41.5 Å². The van der Waals surface area contributed by atoms with E-state index in [0.29, 0.717) is 0 Å². The number of aromatic nitrogens is 2. The Hall–Kier alpha value is -3.34. The van der Waals surface area contributed by atoms with Gasteiger partial charge < -0.3 is 9.55 Å². The summed E-state index contributed by atoms with van der Waals surface area (Å²) in [5, 5.41) is 4.81. The molecule has 0 radical (unpaired) electrons. The van der Waals surface area contributed by atoms with Crippen LogP contribution in [0.3, 0.4) is 0 Å². The Morgan fingerprint density at radius 1 is 0.964 bits per heavy atom. The minimum atomic E-state index is -0.476. The minimum absolute atomic E-state index is 0.0301. The van der Waals surface area contributed by atoms with Crippen LogP contribution in [-0.2, 0) is 16.0 Å². The predicted octanol–water partition coefficient (Wildman–Crippen LogP) is 3.67. The maximum atomic E-state index is 12.9. The van der Waals surface area contributed by atoms with Crippen LogP contribution in [0.25, 0.3) is 21.8 Å². The van der Waals surface area contributed by atoms with E-state index in [-0.39, 0.29) is 17.9 Å². The van der Waals surface area contributed by atoms with E-state index in [9.17, 15) is 9.59 Å². The first kappa shape index (κ1) is 15.7. The molecule has 1 saturated heterocycles. The van der Waals surface area contributed by atoms with E-state index >= 15 is 0 Å². The van der Waals surface area contributed by atoms with E-state index < -0.39 is 11.8 Å². The molecule has 0 bridgehead atoms. The highest BCUT2D eigenvalue weighted by Crippen LogP contribution is 2.45. The van der Waals surface area contributed by atoms with Gasteiger partial charge in [0.2, 0.25) is 11.8 Å². The van der Waals surface area contributed by atoms with Crippen molar-refractivity contribution in [2.24, 2.45) is 5.92 Å². The summed E-state index contributed by atoms with van der Waals surface area (Å²) in [5.41, 5.74) is 4.41. The average molecular weight is 369 g/mol. The largest absolute Gasteiger partial charge is 0.361 e. The number of nitrogens with one attached hydrogen (secondary N) is 2. The van der Waals surface area contributed by atoms with Crippen LogP contribution < -0.4 is 5.32 Å². The van der Waals surface area contributed by atoms with Crippen molar-refractivity contribution in [2.75, 3.05) is 0 Å². The zero-order valence-corrected chi connectivity index (χ0v) is 15.2. The molecule has 6 rings (SSSR count). The first-order valence-electron chi connectivity index (χ1n) is 9.71. The molecular weight excluding hydrogens is 350 g/mol. The first-order valence-corrected chi connectivity index (χ1v) is 9.71. The zero-order chi connectivity index (χ0) is 18.8. The molecule has 2 aliphatic heterocycles. The van der Waals surface area contributed by atoms with Crippen LogP contribution in [0.1, 0.15) is 29.5 Å². The molecule has 0 spiro atoms. The van der Waals surface area contributed by atoms with Gasteiger partial charge in [0.15, 0.2) is 0 Å². The molecule has 4 aromatic rings. The first-order chi connectivity index (χ1) is 13.7. The molecule has 2 aliphatic rings. The van der Waals surface area contributed by atoms with Crippen LogP contribution in [0.4, 0.5) is 0 Å². The van der Waals surface area contributed by atoms with Crippen molar-refractivity contribution in [2.45, 2.75) is 24.8 Å². The third-order valence-electron chi connectivity index (χ3n) is 6.45. The molecule has 138 valence electrons. The number of aryl methyl sites for hydroxylation is 1. The predicted molar refractivity (Wildman–Crippen MR) is 107 cm³/mol. The van der Waals surface area contributed by atoms with Crippen molar-refractivity contribution in [3.8, 4) is 0 Å². The second kappa shape index (κ2) is 5.58. The number of hydrogen-bond donors (Lipinski definition) is 2. The van der Waals surface area contributed by atoms with E-state index in [1.54, 1.807) is 0 Å². The molecule has 3 atom stereocenters. The van der Waals surface area contributed by atoms with Gasteiger partial charge in [0.1, 0.15) is 0 Å². The summed E-state index contributed by atoms with van der Waals surface area (Å²) in [5.74, 6) is -1.24. The quantitative estimate of drug-likeness (QED) is 0.530. The Morgan fingerprint density at radius 3 is 2.79 bits per heavy atom. The van der Waals surface area contributed by atoms with Gasteiger partial charge in [0.25, 0.3) is 0 Å². The van der Waals surface area contributed by atoms with Gasteiger partial charge in [0, 0.05) is 29.3 Å². The Balaban J connectivity index is 1.52. The van der Waals surface area contributed by atoms with Crippen molar-refractivity contribution >= 4 is 33.6 Å². The van der Waals surface area contributed by atoms with Crippen molar-refractivity contribution in [1.29, 1.82) is 0 Å². The Bertz CT molecular complexity index is 1270. The standard InChI is InChI=1S/C23H19N3O2/c27-22-19(16-12-24-17-7-2-1-6-15(16)17)20(23(28)25-22)18-9-8-13-4-3-5-14-10-11-26(18)21(13)14/h1-7,10-12,18-20,24H,8-9H2,(H,25,27,28)/t18?,19-,20-/m1/s1. The lowest BCUT2D eigenvalue weighted by molar-refractivity contribution is -0.126. The highest BCUT2D eigenvalue weighted by molar-refractivity contribution is 6.09. The van der Waals surface area contributed by atoms with E-state index in [2.05, 4.69) is 45.3 Å². The fraction of sp³-hybridized carbons (Fsp3) is 0.217. The lowest BCUT2D eigenvalue weighted by atomic mass is 9.79. The number of aromatic amines is 1. The van der Waals surface area contributed by atoms with Gasteiger partial charge in [-0.25, -0.2) is 0 Å². The normalized spacial score (nSPS) is 24.2. The van der Waals surface area contributed by atoms with E-state index in [0.717, 1.165) is 29.3 Å². The molecule has 0 saturated carbocycles. The van der Waals surface area contributed by atoms with Gasteiger partial charge in [-0.3, -0.25) is 14.9 Å². The number of H-pyrrole nitrogens is 1. The molecule has 4 heterocycles. The fourth-order valence-corrected chi connectivity index (χ4v) is 5.25. The summed E-state index contributed by atoms with van der Waals surface area (Å²) < 4.78 is 2.22. The molecule has 0 aliphatic carbocycles. The van der Waals surface area contributed by atoms with Gasteiger partial charge in [-0.15, -0.1) is 0 Å². The Labute approximate surface area is 161 Å². The van der Waals surface area contributed by atoms with E-state index in [1.807, 2.05) is 30.5 Å². The number of imide groups is 1. The van der Waals surface area contributed by atoms with Gasteiger partial charge >= 0.3 is 0 Å². The fourth-order valence-electron chi connectivity index (χ4n) is 5.25. The molecular formula is C23H19N3O2. The highest BCUT2D eigenvalue weighted by Gasteiger charge is 2.48. The molecule has 5 nitrogen and oxygen atoms in total. The molecule has 2 N–H and O–H groups in total. The van der Waals surface area contributed by atoms with Crippen molar-refractivity contribution < 1.29 is 9.59 Å². The third kappa shape index (κ3) is 2.01. The van der Waals surface area contributed by atoms with Crippen LogP contribution >= 0.6 is 0 Å². The molecule has 5 heteroatoms. The van der Waals surface area contributed by atoms with Gasteiger partial charge in [0.05, 0.1) is 17.4 Å². The van der Waals surface area contributed by atoms with Crippen LogP contribution in [0.15, 0.2) is 60.9 Å². The lowest BCUT2D eigenvalue weighted by Gasteiger charge is -2.31. The second-order valence-electron chi connectivity index (χ2n) is 7.83. The maximum Gasteiger partial charge on any atom is 0.235 e. The van der Waals surface area contributed by atoms with Crippen LogP contribution in [0, 0.1) is 5.92 Å². The van der Waals surface area contributed by atoms with Crippen molar-refractivity contribution in [3.63, 3.8) is 0 Å². The smallest absolute Gasteiger partial charge is 0.235 e. The second-order valence-corrected chi connectivity index (χ2v) is 7.83. The minimum Gasteiger partial charge on any atom is -0.361 e. The van der Waals surface area contributed by atoms with Crippen molar-refractivity contribution in [1.82, 2.24) is 14.9 Å². The molecule has 2 amide bonds. The summed E-state index contributed by atoms with van der Waals surface area (Å²) in [6, 6.07) is 16.4. The van der Waals surface area contributed by atoms with Crippen LogP contribution in [0.2, 0.25) is 0 Å². The number of rotatable bonds is 2. The monoisotopic (exact) mass is 369 g/mol. The Morgan fingerprint density at radius 2 is 1.86 bits per heavy atom. The van der Waals surface area contributed by atoms with E-state index in [1.165, 1.54) is 16.5 Å². The molecule has 2 aromatic heterocycles. The molecule has 2 aromatic carbocycles. The summed E-state index contributed by atoms with van der Waals surface area (Å²) in [6.07, 6.45) is 5.73. The number of carbonyl (C=O) groups excluding carboxylic acids is 2. The lowest BCUT2D eigenvalue weighted by Crippen LogP contribution is -2.31. The number of para-hydroxylation sites is 2. The number of amides is 2. The van der Waals surface area contributed by atoms with Gasteiger partial charge in [-0.1, -0.05) is 36.4 Å². The summed E-state index contributed by atoms with van der Waals surface area (Å²) in [7, 11) is 0. The number of hydrogen-bond acceptors (Lipinski definition) is 2. The number of benzene rings is 2. The molecule has 1 unspecified atom stereocenters. The van der Waals surface area contributed by atoms with Crippen LogP contribution in [0.5, 0.6) is 0 Å². The summed E-state index contributed by atoms with van der Waals surface area (Å²) >= 11 is 0. The molecule has 1 fully saturated rings. The highest BCUT2D eigenvalue weighted by atomic mass is 16.2. The van der Waals surface area contributed by atoms with Crippen molar-refractivity contribution in [3.05, 3.63) is 72.1 Å². The Kier molecular flexibility index (Phi) is 3.13. The zero-order valence-electron chi connectivity index (χ0n) is 15.2. The van der Waals surface area contributed by atoms with Crippen LogP contribution in [-0.4, -0.2) is 21.4 Å². The SMILES string of the molecule is O=C1NC(=O)[C@H](C2CCc3cccc4ccn2c34)[C@H]1c1c[nH]c2ccccc12. The maximum absolute atomic E-state index is 12.9. The topological polar surface area (TPSA) is 66.9 Å². The van der Waals surface area contributed by atoms with E-state index in [4.69, 9.17) is 0 Å². The summed E-state index contributed by atoms with van der Waals surface area (Å²) in [4.78, 5) is 29.0. The third-order valence-corrected chi connectivity index (χ3v) is 6.45. The molecule has 28 heavy (non-hydrogen) atoms. The van der Waals surface area contributed by atoms with Gasteiger partial charge in [-0.2, -0.15) is 0 Å².